The Morgan fingerprint density at radius 1 is 1.00 bits per heavy atom. The van der Waals surface area contributed by atoms with Gasteiger partial charge >= 0.3 is 5.97 Å². The van der Waals surface area contributed by atoms with Gasteiger partial charge in [-0.05, 0) is 60.4 Å². The molecule has 3 aromatic carbocycles. The van der Waals surface area contributed by atoms with Gasteiger partial charge in [0.2, 0.25) is 0 Å². The van der Waals surface area contributed by atoms with Gasteiger partial charge in [0, 0.05) is 0 Å². The zero-order valence-electron chi connectivity index (χ0n) is 23.2. The van der Waals surface area contributed by atoms with Crippen LogP contribution in [-0.4, -0.2) is 24.3 Å². The van der Waals surface area contributed by atoms with Crippen LogP contribution < -0.4 is 24.4 Å². The molecule has 0 N–H and O–H groups in total. The maximum absolute atomic E-state index is 13.9. The number of thiazole rings is 1. The van der Waals surface area contributed by atoms with Gasteiger partial charge in [-0.1, -0.05) is 83.9 Å². The van der Waals surface area contributed by atoms with Crippen LogP contribution in [0.5, 0.6) is 11.5 Å². The number of ether oxygens (including phenoxy) is 3. The number of fused-ring (bicyclic) bond motifs is 1. The molecule has 2 heterocycles. The number of hydrogen-bond acceptors (Lipinski definition) is 7. The van der Waals surface area contributed by atoms with Crippen LogP contribution in [0.3, 0.4) is 0 Å². The minimum absolute atomic E-state index is 0.248. The summed E-state index contributed by atoms with van der Waals surface area (Å²) in [5, 5.41) is 0.937. The van der Waals surface area contributed by atoms with Crippen LogP contribution in [0.2, 0.25) is 10.0 Å². The number of hydrogen-bond donors (Lipinski definition) is 0. The Labute approximate surface area is 256 Å². The molecule has 0 unspecified atom stereocenters. The summed E-state index contributed by atoms with van der Waals surface area (Å²) in [5.74, 6) is 0.597. The lowest BCUT2D eigenvalue weighted by atomic mass is 9.95. The van der Waals surface area contributed by atoms with E-state index >= 15 is 0 Å². The van der Waals surface area contributed by atoms with Crippen LogP contribution in [0.1, 0.15) is 43.0 Å². The topological polar surface area (TPSA) is 79.1 Å². The molecule has 0 radical (unpaired) electrons. The van der Waals surface area contributed by atoms with E-state index < -0.39 is 12.0 Å². The number of carbonyl (C=O) groups is 1. The Balaban J connectivity index is 1.55. The zero-order chi connectivity index (χ0) is 29.8. The van der Waals surface area contributed by atoms with Crippen LogP contribution >= 0.6 is 34.5 Å². The molecule has 1 atom stereocenters. The van der Waals surface area contributed by atoms with Gasteiger partial charge in [-0.15, -0.1) is 0 Å². The first-order valence-electron chi connectivity index (χ1n) is 13.4. The van der Waals surface area contributed by atoms with Crippen molar-refractivity contribution >= 4 is 46.6 Å². The van der Waals surface area contributed by atoms with Gasteiger partial charge in [-0.25, -0.2) is 9.79 Å². The fourth-order valence-corrected chi connectivity index (χ4v) is 6.10. The number of rotatable bonds is 9. The van der Waals surface area contributed by atoms with Crippen molar-refractivity contribution in [1.82, 2.24) is 4.57 Å². The van der Waals surface area contributed by atoms with Crippen molar-refractivity contribution in [3.05, 3.63) is 124 Å². The first-order chi connectivity index (χ1) is 20.3. The van der Waals surface area contributed by atoms with Gasteiger partial charge in [0.15, 0.2) is 16.3 Å². The number of nitrogens with zero attached hydrogens (tertiary/aromatic N) is 2. The average molecular weight is 624 g/mol. The number of esters is 1. The SMILES string of the molecule is CCOc1cc(/C=c2\sc3n(c2=O)[C@H](c2ccccc2)C(C(=O)OC)=C(CC)N=3)ccc1OCc1ccc(Cl)c(Cl)c1. The van der Waals surface area contributed by atoms with Crippen molar-refractivity contribution in [2.24, 2.45) is 4.99 Å². The molecule has 0 fully saturated rings. The number of methoxy groups -OCH3 is 1. The van der Waals surface area contributed by atoms with Gasteiger partial charge < -0.3 is 14.2 Å². The van der Waals surface area contributed by atoms with Crippen LogP contribution in [0, 0.1) is 0 Å². The summed E-state index contributed by atoms with van der Waals surface area (Å²) in [7, 11) is 1.34. The number of benzene rings is 3. The molecule has 0 spiro atoms. The monoisotopic (exact) mass is 622 g/mol. The molecule has 0 aliphatic carbocycles. The maximum Gasteiger partial charge on any atom is 0.338 e. The van der Waals surface area contributed by atoms with Crippen molar-refractivity contribution in [1.29, 1.82) is 0 Å². The van der Waals surface area contributed by atoms with Gasteiger partial charge in [0.05, 0.1) is 45.6 Å². The molecule has 7 nitrogen and oxygen atoms in total. The van der Waals surface area contributed by atoms with Crippen LogP contribution in [0.4, 0.5) is 0 Å². The molecule has 216 valence electrons. The number of halogens is 2. The third kappa shape index (κ3) is 6.02. The van der Waals surface area contributed by atoms with Crippen molar-refractivity contribution in [2.45, 2.75) is 32.9 Å². The van der Waals surface area contributed by atoms with E-state index in [4.69, 9.17) is 42.4 Å². The van der Waals surface area contributed by atoms with Gasteiger partial charge in [0.1, 0.15) is 6.61 Å². The van der Waals surface area contributed by atoms with E-state index in [1.54, 1.807) is 22.8 Å². The highest BCUT2D eigenvalue weighted by Gasteiger charge is 2.33. The van der Waals surface area contributed by atoms with E-state index in [-0.39, 0.29) is 12.2 Å². The highest BCUT2D eigenvalue weighted by molar-refractivity contribution is 7.07. The minimum Gasteiger partial charge on any atom is -0.490 e. The van der Waals surface area contributed by atoms with Crippen molar-refractivity contribution < 1.29 is 19.0 Å². The summed E-state index contributed by atoms with van der Waals surface area (Å²) in [6.45, 7) is 4.53. The van der Waals surface area contributed by atoms with Crippen molar-refractivity contribution in [3.8, 4) is 11.5 Å². The summed E-state index contributed by atoms with van der Waals surface area (Å²) < 4.78 is 19.1. The lowest BCUT2D eigenvalue weighted by Crippen LogP contribution is -2.40. The number of aromatic nitrogens is 1. The van der Waals surface area contributed by atoms with Gasteiger partial charge in [0.25, 0.3) is 5.56 Å². The average Bonchev–Trinajstić information content (AvgIpc) is 3.31. The summed E-state index contributed by atoms with van der Waals surface area (Å²) in [6.07, 6.45) is 2.31. The van der Waals surface area contributed by atoms with Gasteiger partial charge in [-0.2, -0.15) is 0 Å². The summed E-state index contributed by atoms with van der Waals surface area (Å²) >= 11 is 13.4. The molecule has 0 saturated heterocycles. The molecule has 1 aliphatic rings. The largest absolute Gasteiger partial charge is 0.490 e. The predicted molar refractivity (Wildman–Crippen MR) is 165 cm³/mol. The standard InChI is InChI=1S/C32H28Cl2N2O5S/c1-4-24-28(31(38)39-3)29(21-9-7-6-8-10-21)36-30(37)27(42-32(36)35-24)17-19-12-14-25(26(16-19)40-5-2)41-18-20-11-13-22(33)23(34)15-20/h6-17,29H,4-5,18H2,1-3H3/b27-17-/t29-/m1/s1. The predicted octanol–water partition coefficient (Wildman–Crippen LogP) is 6.08. The Bertz CT molecular complexity index is 1850. The second kappa shape index (κ2) is 13.0. The summed E-state index contributed by atoms with van der Waals surface area (Å²) in [4.78, 5) is 32.1. The molecule has 1 aliphatic heterocycles. The Morgan fingerprint density at radius 3 is 2.48 bits per heavy atom. The summed E-state index contributed by atoms with van der Waals surface area (Å²) in [5.41, 5.74) is 3.14. The first kappa shape index (κ1) is 29.6. The molecule has 0 bridgehead atoms. The molecule has 4 aromatic rings. The fraction of sp³-hybridized carbons (Fsp3) is 0.219. The molecule has 42 heavy (non-hydrogen) atoms. The lowest BCUT2D eigenvalue weighted by molar-refractivity contribution is -0.136. The molecule has 10 heteroatoms. The molecular formula is C32H28Cl2N2O5S. The van der Waals surface area contributed by atoms with Gasteiger partial charge in [-0.3, -0.25) is 9.36 Å². The van der Waals surface area contributed by atoms with Crippen LogP contribution in [-0.2, 0) is 16.1 Å². The van der Waals surface area contributed by atoms with Crippen molar-refractivity contribution in [3.63, 3.8) is 0 Å². The van der Waals surface area contributed by atoms with E-state index in [2.05, 4.69) is 0 Å². The molecule has 5 rings (SSSR count). The second-order valence-electron chi connectivity index (χ2n) is 9.38. The number of allylic oxidation sites excluding steroid dienone is 1. The van der Waals surface area contributed by atoms with E-state index in [1.165, 1.54) is 18.4 Å². The quantitative estimate of drug-likeness (QED) is 0.211. The smallest absolute Gasteiger partial charge is 0.338 e. The molecular weight excluding hydrogens is 595 g/mol. The van der Waals surface area contributed by atoms with Crippen LogP contribution in [0.15, 0.2) is 87.8 Å². The van der Waals surface area contributed by atoms with E-state index in [9.17, 15) is 9.59 Å². The Morgan fingerprint density at radius 2 is 1.79 bits per heavy atom. The Hall–Kier alpha value is -3.85. The van der Waals surface area contributed by atoms with E-state index in [1.807, 2.05) is 68.4 Å². The highest BCUT2D eigenvalue weighted by Crippen LogP contribution is 2.32. The molecule has 1 aromatic heterocycles. The van der Waals surface area contributed by atoms with E-state index in [0.717, 1.165) is 16.7 Å². The summed E-state index contributed by atoms with van der Waals surface area (Å²) in [6, 6.07) is 19.6. The third-order valence-electron chi connectivity index (χ3n) is 6.71. The van der Waals surface area contributed by atoms with E-state index in [0.29, 0.717) is 55.2 Å². The maximum atomic E-state index is 13.9. The van der Waals surface area contributed by atoms with Crippen molar-refractivity contribution in [2.75, 3.05) is 13.7 Å². The van der Waals surface area contributed by atoms with Crippen LogP contribution in [0.25, 0.3) is 6.08 Å². The molecule has 0 amide bonds. The molecule has 0 saturated carbocycles. The fourth-order valence-electron chi connectivity index (χ4n) is 4.76. The number of carbonyl (C=O) groups excluding carboxylic acids is 1. The zero-order valence-corrected chi connectivity index (χ0v) is 25.6. The minimum atomic E-state index is -0.650. The first-order valence-corrected chi connectivity index (χ1v) is 14.9. The second-order valence-corrected chi connectivity index (χ2v) is 11.2. The highest BCUT2D eigenvalue weighted by atomic mass is 35.5. The Kier molecular flexibility index (Phi) is 9.16. The normalized spacial score (nSPS) is 14.8. The third-order valence-corrected chi connectivity index (χ3v) is 8.43. The lowest BCUT2D eigenvalue weighted by Gasteiger charge is -2.25.